The van der Waals surface area contributed by atoms with E-state index in [-0.39, 0.29) is 17.2 Å². The van der Waals surface area contributed by atoms with Crippen LogP contribution in [0.25, 0.3) is 0 Å². The summed E-state index contributed by atoms with van der Waals surface area (Å²) in [6.07, 6.45) is 6.60. The molecular weight excluding hydrogens is 532 g/mol. The Morgan fingerprint density at radius 3 is 2.24 bits per heavy atom. The van der Waals surface area contributed by atoms with E-state index in [0.29, 0.717) is 48.9 Å². The van der Waals surface area contributed by atoms with Crippen LogP contribution >= 0.6 is 0 Å². The molecule has 9 heteroatoms. The summed E-state index contributed by atoms with van der Waals surface area (Å²) in [6.45, 7) is 3.21. The molecule has 5 rings (SSSR count). The van der Waals surface area contributed by atoms with Gasteiger partial charge in [-0.3, -0.25) is 14.6 Å². The largest absolute Gasteiger partial charge is 0.493 e. The summed E-state index contributed by atoms with van der Waals surface area (Å²) < 4.78 is 16.4. The molecule has 2 amide bonds. The van der Waals surface area contributed by atoms with Gasteiger partial charge in [-0.1, -0.05) is 36.4 Å². The fraction of sp³-hybridized carbons (Fsp3) is 0.424. The van der Waals surface area contributed by atoms with Crippen molar-refractivity contribution in [2.45, 2.75) is 36.5 Å². The molecule has 3 aromatic rings. The molecule has 9 nitrogen and oxygen atoms in total. The first-order chi connectivity index (χ1) is 20.5. The van der Waals surface area contributed by atoms with E-state index in [1.165, 1.54) is 21.3 Å². The molecule has 2 aromatic carbocycles. The van der Waals surface area contributed by atoms with Gasteiger partial charge in [-0.25, -0.2) is 0 Å². The molecule has 2 aliphatic heterocycles. The van der Waals surface area contributed by atoms with E-state index in [0.717, 1.165) is 43.5 Å². The number of hydrogen-bond donors (Lipinski definition) is 2. The number of nitrogens with one attached hydrogen (secondary N) is 2. The van der Waals surface area contributed by atoms with Crippen LogP contribution in [-0.2, 0) is 15.6 Å². The zero-order valence-corrected chi connectivity index (χ0v) is 24.7. The van der Waals surface area contributed by atoms with Gasteiger partial charge in [0.05, 0.1) is 26.7 Å². The van der Waals surface area contributed by atoms with Crippen molar-refractivity contribution < 1.29 is 23.8 Å². The molecule has 0 saturated carbocycles. The lowest BCUT2D eigenvalue weighted by molar-refractivity contribution is -0.127. The number of aromatic nitrogens is 1. The zero-order chi connectivity index (χ0) is 29.6. The van der Waals surface area contributed by atoms with Crippen LogP contribution in [0.1, 0.15) is 47.2 Å². The first-order valence-corrected chi connectivity index (χ1v) is 14.5. The SMILES string of the molecule is COc1cc(C(=O)N2CCC(CCNC(=O)C3(c4ccccc4)CCNCC3)(c3cccnc3)C2)cc(OC)c1OC. The smallest absolute Gasteiger partial charge is 0.254 e. The highest BCUT2D eigenvalue weighted by Gasteiger charge is 2.44. The third kappa shape index (κ3) is 5.66. The quantitative estimate of drug-likeness (QED) is 0.382. The lowest BCUT2D eigenvalue weighted by atomic mass is 9.72. The average Bonchev–Trinajstić information content (AvgIpc) is 3.50. The number of hydrogen-bond acceptors (Lipinski definition) is 7. The number of nitrogens with zero attached hydrogens (tertiary/aromatic N) is 2. The van der Waals surface area contributed by atoms with Crippen molar-refractivity contribution in [2.75, 3.05) is 54.1 Å². The van der Waals surface area contributed by atoms with E-state index in [4.69, 9.17) is 14.2 Å². The van der Waals surface area contributed by atoms with Crippen molar-refractivity contribution in [2.24, 2.45) is 0 Å². The zero-order valence-electron chi connectivity index (χ0n) is 24.7. The Bertz CT molecular complexity index is 1350. The van der Waals surface area contributed by atoms with Crippen molar-refractivity contribution in [1.29, 1.82) is 0 Å². The van der Waals surface area contributed by atoms with Crippen molar-refractivity contribution in [3.63, 3.8) is 0 Å². The number of carbonyl (C=O) groups is 2. The molecule has 0 radical (unpaired) electrons. The van der Waals surface area contributed by atoms with Gasteiger partial charge in [0.1, 0.15) is 0 Å². The molecule has 0 spiro atoms. The van der Waals surface area contributed by atoms with Gasteiger partial charge in [0.2, 0.25) is 11.7 Å². The number of methoxy groups -OCH3 is 3. The van der Waals surface area contributed by atoms with E-state index in [1.807, 2.05) is 35.4 Å². The van der Waals surface area contributed by atoms with Gasteiger partial charge >= 0.3 is 0 Å². The monoisotopic (exact) mass is 572 g/mol. The molecular formula is C33H40N4O5. The second-order valence-corrected chi connectivity index (χ2v) is 11.1. The number of pyridine rings is 1. The summed E-state index contributed by atoms with van der Waals surface area (Å²) in [7, 11) is 4.61. The van der Waals surface area contributed by atoms with E-state index in [2.05, 4.69) is 33.8 Å². The number of carbonyl (C=O) groups excluding carboxylic acids is 2. The summed E-state index contributed by atoms with van der Waals surface area (Å²) in [6, 6.07) is 17.5. The Hall–Kier alpha value is -4.11. The molecule has 2 aliphatic rings. The fourth-order valence-corrected chi connectivity index (χ4v) is 6.54. The standard InChI is InChI=1S/C33H40N4O5/c1-40-27-20-24(21-28(41-2)29(27)42-3)30(38)37-19-14-32(23-37,26-10-7-15-35-22-26)11-18-36-31(39)33(12-16-34-17-13-33)25-8-5-4-6-9-25/h4-10,15,20-22,34H,11-14,16-19,23H2,1-3H3,(H,36,39). The summed E-state index contributed by atoms with van der Waals surface area (Å²) in [4.78, 5) is 33.8. The van der Waals surface area contributed by atoms with Crippen molar-refractivity contribution in [3.8, 4) is 17.2 Å². The Balaban J connectivity index is 1.35. The topological polar surface area (TPSA) is 102 Å². The van der Waals surface area contributed by atoms with E-state index in [9.17, 15) is 9.59 Å². The summed E-state index contributed by atoms with van der Waals surface area (Å²) in [5, 5.41) is 6.69. The molecule has 1 aromatic heterocycles. The molecule has 2 fully saturated rings. The number of rotatable bonds is 10. The van der Waals surface area contributed by atoms with Crippen molar-refractivity contribution in [3.05, 3.63) is 83.7 Å². The van der Waals surface area contributed by atoms with Crippen LogP contribution < -0.4 is 24.8 Å². The lowest BCUT2D eigenvalue weighted by Crippen LogP contribution is -2.51. The molecule has 42 heavy (non-hydrogen) atoms. The summed E-state index contributed by atoms with van der Waals surface area (Å²) in [5.74, 6) is 1.28. The van der Waals surface area contributed by atoms with Gasteiger partial charge in [0, 0.05) is 43.0 Å². The Kier molecular flexibility index (Phi) is 8.97. The molecule has 222 valence electrons. The van der Waals surface area contributed by atoms with Gasteiger partial charge in [0.15, 0.2) is 11.5 Å². The fourth-order valence-electron chi connectivity index (χ4n) is 6.54. The Morgan fingerprint density at radius 2 is 1.62 bits per heavy atom. The molecule has 0 aliphatic carbocycles. The minimum absolute atomic E-state index is 0.0693. The van der Waals surface area contributed by atoms with Gasteiger partial charge in [0.25, 0.3) is 5.91 Å². The molecule has 2 saturated heterocycles. The van der Waals surface area contributed by atoms with Crippen molar-refractivity contribution in [1.82, 2.24) is 20.5 Å². The number of benzene rings is 2. The molecule has 2 N–H and O–H groups in total. The lowest BCUT2D eigenvalue weighted by Gasteiger charge is -2.37. The summed E-state index contributed by atoms with van der Waals surface area (Å²) >= 11 is 0. The maximum absolute atomic E-state index is 13.8. The molecule has 0 bridgehead atoms. The Labute approximate surface area is 247 Å². The highest BCUT2D eigenvalue weighted by molar-refractivity contribution is 5.96. The normalized spacial score (nSPS) is 19.6. The predicted octanol–water partition coefficient (Wildman–Crippen LogP) is 3.72. The van der Waals surface area contributed by atoms with E-state index < -0.39 is 5.41 Å². The van der Waals surface area contributed by atoms with Crippen LogP contribution in [0.3, 0.4) is 0 Å². The minimum atomic E-state index is -0.544. The third-order valence-corrected chi connectivity index (χ3v) is 8.93. The molecule has 1 atom stereocenters. The number of likely N-dealkylation sites (tertiary alicyclic amines) is 1. The van der Waals surface area contributed by atoms with E-state index >= 15 is 0 Å². The maximum Gasteiger partial charge on any atom is 0.254 e. The van der Waals surface area contributed by atoms with Crippen LogP contribution in [0.5, 0.6) is 17.2 Å². The van der Waals surface area contributed by atoms with Crippen LogP contribution in [0, 0.1) is 0 Å². The second-order valence-electron chi connectivity index (χ2n) is 11.1. The number of piperidine rings is 1. The van der Waals surface area contributed by atoms with Gasteiger partial charge < -0.3 is 29.7 Å². The summed E-state index contributed by atoms with van der Waals surface area (Å²) in [5.41, 5.74) is 1.72. The van der Waals surface area contributed by atoms with Crippen LogP contribution in [0.15, 0.2) is 67.0 Å². The van der Waals surface area contributed by atoms with Gasteiger partial charge in [-0.15, -0.1) is 0 Å². The number of ether oxygens (including phenoxy) is 3. The Morgan fingerprint density at radius 1 is 0.929 bits per heavy atom. The second kappa shape index (κ2) is 12.8. The highest BCUT2D eigenvalue weighted by atomic mass is 16.5. The maximum atomic E-state index is 13.8. The van der Waals surface area contributed by atoms with E-state index in [1.54, 1.807) is 18.3 Å². The average molecular weight is 573 g/mol. The minimum Gasteiger partial charge on any atom is -0.493 e. The van der Waals surface area contributed by atoms with Crippen molar-refractivity contribution >= 4 is 11.8 Å². The highest BCUT2D eigenvalue weighted by Crippen LogP contribution is 2.41. The third-order valence-electron chi connectivity index (χ3n) is 8.93. The van der Waals surface area contributed by atoms with Crippen LogP contribution in [0.2, 0.25) is 0 Å². The van der Waals surface area contributed by atoms with Crippen LogP contribution in [-0.4, -0.2) is 75.8 Å². The van der Waals surface area contributed by atoms with Gasteiger partial charge in [-0.2, -0.15) is 0 Å². The number of amides is 2. The first kappa shape index (κ1) is 29.4. The van der Waals surface area contributed by atoms with Crippen LogP contribution in [0.4, 0.5) is 0 Å². The van der Waals surface area contributed by atoms with Gasteiger partial charge in [-0.05, 0) is 68.1 Å². The molecule has 1 unspecified atom stereocenters. The molecule has 3 heterocycles. The predicted molar refractivity (Wildman–Crippen MR) is 160 cm³/mol. The first-order valence-electron chi connectivity index (χ1n) is 14.5.